The van der Waals surface area contributed by atoms with Crippen LogP contribution in [0.3, 0.4) is 0 Å². The lowest BCUT2D eigenvalue weighted by Crippen LogP contribution is -2.59. The van der Waals surface area contributed by atoms with E-state index in [2.05, 4.69) is 0 Å². The number of carbonyl (C=O) groups is 3. The summed E-state index contributed by atoms with van der Waals surface area (Å²) in [5.41, 5.74) is -0.738. The summed E-state index contributed by atoms with van der Waals surface area (Å²) in [6.45, 7) is 6.77. The van der Waals surface area contributed by atoms with Crippen LogP contribution < -0.4 is 0 Å². The van der Waals surface area contributed by atoms with E-state index in [-0.39, 0.29) is 44.4 Å². The van der Waals surface area contributed by atoms with Gasteiger partial charge in [-0.05, 0) is 56.6 Å². The molecular formula is C33H52O13. The molecule has 13 heteroatoms. The summed E-state index contributed by atoms with van der Waals surface area (Å²) in [5, 5.41) is 31.5. The standard InChI is InChI=1S/C33H52O13/c1-6-24(20-34)45-29(38)18-23(36)17-25-8-7-9-26(44-25)19-27-12-14-41-30(46-27)10-13-32(3,4)33(39)31(43-21(2)35)22(11-15-42-33)16-28(37)40-5/h10,13,16,23-27,30-31,34,36,39H,6-9,11-12,14-15,17-20H2,1-5H3/b13-10+,22-16+/t23-,24-,25+,26-,27+,30+,31+,33-/m1/s1. The van der Waals surface area contributed by atoms with Crippen LogP contribution in [0.15, 0.2) is 23.8 Å². The van der Waals surface area contributed by atoms with Gasteiger partial charge in [0, 0.05) is 24.8 Å². The van der Waals surface area contributed by atoms with Crippen molar-refractivity contribution in [3.8, 4) is 0 Å². The predicted molar refractivity (Wildman–Crippen MR) is 163 cm³/mol. The van der Waals surface area contributed by atoms with E-state index in [1.54, 1.807) is 26.0 Å². The Morgan fingerprint density at radius 1 is 1.11 bits per heavy atom. The van der Waals surface area contributed by atoms with Crippen molar-refractivity contribution in [3.63, 3.8) is 0 Å². The zero-order valence-electron chi connectivity index (χ0n) is 27.7. The number of hydrogen-bond acceptors (Lipinski definition) is 13. The minimum Gasteiger partial charge on any atom is -0.466 e. The molecular weight excluding hydrogens is 604 g/mol. The Morgan fingerprint density at radius 3 is 2.50 bits per heavy atom. The zero-order chi connectivity index (χ0) is 33.9. The first kappa shape index (κ1) is 38.1. The summed E-state index contributed by atoms with van der Waals surface area (Å²) >= 11 is 0. The average molecular weight is 657 g/mol. The van der Waals surface area contributed by atoms with E-state index in [0.29, 0.717) is 37.9 Å². The van der Waals surface area contributed by atoms with Gasteiger partial charge < -0.3 is 48.5 Å². The maximum absolute atomic E-state index is 12.1. The molecule has 0 aromatic heterocycles. The Kier molecular flexibility index (Phi) is 14.6. The van der Waals surface area contributed by atoms with Gasteiger partial charge in [0.2, 0.25) is 5.79 Å². The van der Waals surface area contributed by atoms with Crippen LogP contribution in [0.25, 0.3) is 0 Å². The van der Waals surface area contributed by atoms with Gasteiger partial charge in [0.1, 0.15) is 6.10 Å². The summed E-state index contributed by atoms with van der Waals surface area (Å²) in [6, 6.07) is 0. The normalized spacial score (nSPS) is 31.3. The van der Waals surface area contributed by atoms with Crippen LogP contribution in [-0.2, 0) is 47.5 Å². The van der Waals surface area contributed by atoms with Crippen molar-refractivity contribution < 1.29 is 62.9 Å². The van der Waals surface area contributed by atoms with Gasteiger partial charge in [0.05, 0.1) is 57.8 Å². The Labute approximate surface area is 271 Å². The van der Waals surface area contributed by atoms with Crippen molar-refractivity contribution in [2.24, 2.45) is 5.41 Å². The van der Waals surface area contributed by atoms with E-state index >= 15 is 0 Å². The third-order valence-electron chi connectivity index (χ3n) is 8.69. The molecule has 3 rings (SSSR count). The molecule has 0 aromatic carbocycles. The van der Waals surface area contributed by atoms with E-state index in [9.17, 15) is 29.7 Å². The second-order valence-corrected chi connectivity index (χ2v) is 12.7. The van der Waals surface area contributed by atoms with Gasteiger partial charge in [0.25, 0.3) is 0 Å². The fourth-order valence-electron chi connectivity index (χ4n) is 6.00. The lowest BCUT2D eigenvalue weighted by atomic mass is 9.75. The molecule has 3 fully saturated rings. The maximum atomic E-state index is 12.1. The lowest BCUT2D eigenvalue weighted by Gasteiger charge is -2.48. The van der Waals surface area contributed by atoms with Gasteiger partial charge in [-0.1, -0.05) is 26.8 Å². The van der Waals surface area contributed by atoms with Gasteiger partial charge in [-0.3, -0.25) is 9.59 Å². The molecule has 0 radical (unpaired) electrons. The molecule has 3 N–H and O–H groups in total. The average Bonchev–Trinajstić information content (AvgIpc) is 3.00. The Bertz CT molecular complexity index is 1070. The molecule has 262 valence electrons. The molecule has 3 heterocycles. The molecule has 46 heavy (non-hydrogen) atoms. The summed E-state index contributed by atoms with van der Waals surface area (Å²) < 4.78 is 39.5. The van der Waals surface area contributed by atoms with Crippen molar-refractivity contribution >= 4 is 17.9 Å². The molecule has 0 unspecified atom stereocenters. The van der Waals surface area contributed by atoms with Crippen molar-refractivity contribution in [2.45, 2.75) is 134 Å². The predicted octanol–water partition coefficient (Wildman–Crippen LogP) is 2.62. The molecule has 0 bridgehead atoms. The van der Waals surface area contributed by atoms with Crippen LogP contribution in [-0.4, -0.2) is 109 Å². The monoisotopic (exact) mass is 656 g/mol. The molecule has 3 aliphatic rings. The first-order chi connectivity index (χ1) is 21.8. The highest BCUT2D eigenvalue weighted by atomic mass is 16.7. The molecule has 0 spiro atoms. The Balaban J connectivity index is 1.58. The summed E-state index contributed by atoms with van der Waals surface area (Å²) in [7, 11) is 1.24. The van der Waals surface area contributed by atoms with Crippen LogP contribution in [0.4, 0.5) is 0 Å². The van der Waals surface area contributed by atoms with E-state index < -0.39 is 53.7 Å². The van der Waals surface area contributed by atoms with E-state index in [0.717, 1.165) is 19.3 Å². The summed E-state index contributed by atoms with van der Waals surface area (Å²) in [6.07, 6.45) is 5.52. The van der Waals surface area contributed by atoms with Crippen LogP contribution in [0.2, 0.25) is 0 Å². The number of aliphatic hydroxyl groups excluding tert-OH is 2. The molecule has 8 atom stereocenters. The first-order valence-electron chi connectivity index (χ1n) is 16.2. The van der Waals surface area contributed by atoms with Crippen molar-refractivity contribution in [2.75, 3.05) is 26.9 Å². The number of aliphatic hydroxyl groups is 3. The highest BCUT2D eigenvalue weighted by molar-refractivity contribution is 5.83. The number of hydrogen-bond donors (Lipinski definition) is 3. The van der Waals surface area contributed by atoms with Gasteiger partial charge >= 0.3 is 17.9 Å². The minimum absolute atomic E-state index is 0.0817. The highest BCUT2D eigenvalue weighted by Crippen LogP contribution is 2.44. The number of methoxy groups -OCH3 is 1. The Morgan fingerprint density at radius 2 is 1.83 bits per heavy atom. The topological polar surface area (TPSA) is 177 Å². The van der Waals surface area contributed by atoms with Crippen LogP contribution in [0.1, 0.15) is 85.5 Å². The molecule has 3 aliphatic heterocycles. The summed E-state index contributed by atoms with van der Waals surface area (Å²) in [4.78, 5) is 36.0. The van der Waals surface area contributed by atoms with Crippen LogP contribution >= 0.6 is 0 Å². The summed E-state index contributed by atoms with van der Waals surface area (Å²) in [5.74, 6) is -3.81. The van der Waals surface area contributed by atoms with Crippen molar-refractivity contribution in [3.05, 3.63) is 23.8 Å². The van der Waals surface area contributed by atoms with Crippen LogP contribution in [0.5, 0.6) is 0 Å². The van der Waals surface area contributed by atoms with Gasteiger partial charge in [0.15, 0.2) is 12.4 Å². The highest BCUT2D eigenvalue weighted by Gasteiger charge is 2.55. The van der Waals surface area contributed by atoms with Crippen LogP contribution in [0, 0.1) is 5.41 Å². The third kappa shape index (κ3) is 10.8. The van der Waals surface area contributed by atoms with Crippen molar-refractivity contribution in [1.29, 1.82) is 0 Å². The molecule has 0 aromatic rings. The van der Waals surface area contributed by atoms with Gasteiger partial charge in [-0.15, -0.1) is 0 Å². The van der Waals surface area contributed by atoms with E-state index in [4.69, 9.17) is 33.2 Å². The fourth-order valence-corrected chi connectivity index (χ4v) is 6.00. The number of carbonyl (C=O) groups excluding carboxylic acids is 3. The zero-order valence-corrected chi connectivity index (χ0v) is 27.7. The fraction of sp³-hybridized carbons (Fsp3) is 0.788. The molecule has 0 aliphatic carbocycles. The number of esters is 3. The molecule has 0 saturated carbocycles. The number of ether oxygens (including phenoxy) is 7. The lowest BCUT2D eigenvalue weighted by molar-refractivity contribution is -0.305. The van der Waals surface area contributed by atoms with Crippen molar-refractivity contribution in [1.82, 2.24) is 0 Å². The molecule has 13 nitrogen and oxygen atoms in total. The second kappa shape index (κ2) is 17.7. The molecule has 0 amide bonds. The quantitative estimate of drug-likeness (QED) is 0.108. The minimum atomic E-state index is -2.00. The third-order valence-corrected chi connectivity index (χ3v) is 8.69. The smallest absolute Gasteiger partial charge is 0.330 e. The maximum Gasteiger partial charge on any atom is 0.330 e. The van der Waals surface area contributed by atoms with E-state index in [1.165, 1.54) is 20.1 Å². The van der Waals surface area contributed by atoms with Gasteiger partial charge in [-0.2, -0.15) is 0 Å². The SMILES string of the molecule is CC[C@H](CO)OC(=O)C[C@H](O)C[C@@H]1CCC[C@H](C[C@@H]2CCO[C@H](/C=C/C(C)(C)[C@]3(O)OCC/C(=C\C(=O)OC)[C@@H]3OC(C)=O)O2)O1. The molecule has 3 saturated heterocycles. The first-order valence-corrected chi connectivity index (χ1v) is 16.2. The number of rotatable bonds is 14. The largest absolute Gasteiger partial charge is 0.466 e. The van der Waals surface area contributed by atoms with E-state index in [1.807, 2.05) is 6.92 Å². The Hall–Kier alpha value is -2.39. The second-order valence-electron chi connectivity index (χ2n) is 12.7. The van der Waals surface area contributed by atoms with Gasteiger partial charge in [-0.25, -0.2) is 4.79 Å².